The summed E-state index contributed by atoms with van der Waals surface area (Å²) in [5.41, 5.74) is 1.96. The van der Waals surface area contributed by atoms with Gasteiger partial charge in [-0.05, 0) is 30.0 Å². The Morgan fingerprint density at radius 3 is 2.78 bits per heavy atom. The molecule has 0 aromatic heterocycles. The van der Waals surface area contributed by atoms with Gasteiger partial charge in [0.1, 0.15) is 0 Å². The molecule has 18 heavy (non-hydrogen) atoms. The summed E-state index contributed by atoms with van der Waals surface area (Å²) in [6, 6.07) is 7.75. The van der Waals surface area contributed by atoms with E-state index in [1.807, 2.05) is 24.3 Å². The van der Waals surface area contributed by atoms with Gasteiger partial charge in [-0.3, -0.25) is 0 Å². The minimum atomic E-state index is -0.929. The minimum Gasteiger partial charge on any atom is -0.478 e. The molecule has 0 aliphatic heterocycles. The molecule has 0 saturated heterocycles. The number of carboxylic acid groups (broad SMARTS) is 1. The highest BCUT2D eigenvalue weighted by atomic mass is 16.5. The van der Waals surface area contributed by atoms with Crippen molar-refractivity contribution < 1.29 is 14.6 Å². The molecule has 1 saturated carbocycles. The third-order valence-electron chi connectivity index (χ3n) is 3.24. The van der Waals surface area contributed by atoms with Gasteiger partial charge in [0.15, 0.2) is 0 Å². The molecular weight excluding hydrogens is 228 g/mol. The number of hydrogen-bond acceptors (Lipinski definition) is 2. The third-order valence-corrected chi connectivity index (χ3v) is 3.24. The first-order chi connectivity index (χ1) is 8.75. The van der Waals surface area contributed by atoms with Gasteiger partial charge in [-0.15, -0.1) is 0 Å². The fourth-order valence-electron chi connectivity index (χ4n) is 2.25. The van der Waals surface area contributed by atoms with Crippen LogP contribution in [0.25, 0.3) is 6.08 Å². The van der Waals surface area contributed by atoms with Crippen LogP contribution in [0.5, 0.6) is 0 Å². The molecule has 0 atom stereocenters. The van der Waals surface area contributed by atoms with Gasteiger partial charge in [0.05, 0.1) is 12.7 Å². The topological polar surface area (TPSA) is 46.5 Å². The fraction of sp³-hybridized carbons (Fsp3) is 0.400. The molecule has 3 heteroatoms. The van der Waals surface area contributed by atoms with Gasteiger partial charge in [-0.2, -0.15) is 0 Å². The molecule has 1 aliphatic carbocycles. The second-order valence-corrected chi connectivity index (χ2v) is 4.59. The van der Waals surface area contributed by atoms with Gasteiger partial charge < -0.3 is 9.84 Å². The standard InChI is InChI=1S/C15H18O3/c16-15(17)10-9-12-5-1-2-6-13(12)11-18-14-7-3-4-8-14/h1-2,5-6,9-10,14H,3-4,7-8,11H2,(H,16,17). The highest BCUT2D eigenvalue weighted by Gasteiger charge is 2.15. The Hall–Kier alpha value is -1.61. The average molecular weight is 246 g/mol. The summed E-state index contributed by atoms with van der Waals surface area (Å²) < 4.78 is 5.86. The predicted molar refractivity (Wildman–Crippen MR) is 70.2 cm³/mol. The minimum absolute atomic E-state index is 0.376. The summed E-state index contributed by atoms with van der Waals surface area (Å²) in [6.45, 7) is 0.560. The molecule has 0 amide bonds. The fourth-order valence-corrected chi connectivity index (χ4v) is 2.25. The van der Waals surface area contributed by atoms with Crippen LogP contribution >= 0.6 is 0 Å². The molecule has 0 unspecified atom stereocenters. The average Bonchev–Trinajstić information content (AvgIpc) is 2.88. The maximum Gasteiger partial charge on any atom is 0.328 e. The molecule has 0 heterocycles. The normalized spacial score (nSPS) is 16.4. The zero-order valence-electron chi connectivity index (χ0n) is 10.3. The third kappa shape index (κ3) is 3.70. The van der Waals surface area contributed by atoms with Crippen molar-refractivity contribution >= 4 is 12.0 Å². The molecule has 1 aliphatic rings. The van der Waals surface area contributed by atoms with Crippen LogP contribution in [-0.2, 0) is 16.1 Å². The molecule has 1 fully saturated rings. The van der Waals surface area contributed by atoms with Crippen molar-refractivity contribution in [2.45, 2.75) is 38.4 Å². The van der Waals surface area contributed by atoms with Gasteiger partial charge in [0, 0.05) is 6.08 Å². The molecule has 1 aromatic rings. The highest BCUT2D eigenvalue weighted by Crippen LogP contribution is 2.23. The molecule has 0 radical (unpaired) electrons. The van der Waals surface area contributed by atoms with Gasteiger partial charge in [-0.1, -0.05) is 37.1 Å². The van der Waals surface area contributed by atoms with E-state index < -0.39 is 5.97 Å². The second-order valence-electron chi connectivity index (χ2n) is 4.59. The number of aliphatic carboxylic acids is 1. The summed E-state index contributed by atoms with van der Waals surface area (Å²) in [5.74, 6) is -0.929. The summed E-state index contributed by atoms with van der Waals surface area (Å²) in [4.78, 5) is 10.5. The van der Waals surface area contributed by atoms with Gasteiger partial charge in [0.2, 0.25) is 0 Å². The quantitative estimate of drug-likeness (QED) is 0.811. The molecule has 2 rings (SSSR count). The van der Waals surface area contributed by atoms with Crippen molar-refractivity contribution in [3.8, 4) is 0 Å². The number of rotatable bonds is 5. The molecule has 1 aromatic carbocycles. The first-order valence-electron chi connectivity index (χ1n) is 6.36. The van der Waals surface area contributed by atoms with Crippen LogP contribution < -0.4 is 0 Å². The Labute approximate surface area is 107 Å². The molecule has 0 bridgehead atoms. The summed E-state index contributed by atoms with van der Waals surface area (Å²) in [6.07, 6.45) is 7.96. The van der Waals surface area contributed by atoms with E-state index in [9.17, 15) is 4.79 Å². The molecule has 96 valence electrons. The van der Waals surface area contributed by atoms with Crippen molar-refractivity contribution in [2.75, 3.05) is 0 Å². The van der Waals surface area contributed by atoms with E-state index in [-0.39, 0.29) is 0 Å². The van der Waals surface area contributed by atoms with Crippen molar-refractivity contribution in [3.05, 3.63) is 41.5 Å². The van der Waals surface area contributed by atoms with Crippen LogP contribution in [0.4, 0.5) is 0 Å². The van der Waals surface area contributed by atoms with Crippen LogP contribution in [0, 0.1) is 0 Å². The van der Waals surface area contributed by atoms with E-state index in [0.717, 1.165) is 30.0 Å². The zero-order valence-corrected chi connectivity index (χ0v) is 10.3. The lowest BCUT2D eigenvalue weighted by Gasteiger charge is -2.12. The number of benzene rings is 1. The Balaban J connectivity index is 2.00. The van der Waals surface area contributed by atoms with E-state index in [0.29, 0.717) is 12.7 Å². The lowest BCUT2D eigenvalue weighted by Crippen LogP contribution is -2.07. The maximum absolute atomic E-state index is 10.5. The van der Waals surface area contributed by atoms with Crippen LogP contribution in [0.15, 0.2) is 30.3 Å². The van der Waals surface area contributed by atoms with E-state index in [2.05, 4.69) is 0 Å². The van der Waals surface area contributed by atoms with E-state index in [1.54, 1.807) is 6.08 Å². The van der Waals surface area contributed by atoms with Crippen LogP contribution in [0.2, 0.25) is 0 Å². The Bertz CT molecular complexity index is 431. The lowest BCUT2D eigenvalue weighted by atomic mass is 10.1. The van der Waals surface area contributed by atoms with E-state index in [4.69, 9.17) is 9.84 Å². The van der Waals surface area contributed by atoms with Crippen LogP contribution in [-0.4, -0.2) is 17.2 Å². The largest absolute Gasteiger partial charge is 0.478 e. The SMILES string of the molecule is O=C(O)C=Cc1ccccc1COC1CCCC1. The first-order valence-corrected chi connectivity index (χ1v) is 6.36. The van der Waals surface area contributed by atoms with Crippen molar-refractivity contribution in [3.63, 3.8) is 0 Å². The van der Waals surface area contributed by atoms with Crippen molar-refractivity contribution in [1.29, 1.82) is 0 Å². The molecule has 3 nitrogen and oxygen atoms in total. The summed E-state index contributed by atoms with van der Waals surface area (Å²) in [7, 11) is 0. The smallest absolute Gasteiger partial charge is 0.328 e. The Morgan fingerprint density at radius 2 is 2.06 bits per heavy atom. The monoisotopic (exact) mass is 246 g/mol. The van der Waals surface area contributed by atoms with Crippen LogP contribution in [0.1, 0.15) is 36.8 Å². The first kappa shape index (κ1) is 12.8. The molecular formula is C15H18O3. The number of ether oxygens (including phenoxy) is 1. The second kappa shape index (κ2) is 6.36. The van der Waals surface area contributed by atoms with Gasteiger partial charge >= 0.3 is 5.97 Å². The van der Waals surface area contributed by atoms with Crippen molar-refractivity contribution in [2.24, 2.45) is 0 Å². The maximum atomic E-state index is 10.5. The summed E-state index contributed by atoms with van der Waals surface area (Å²) in [5, 5.41) is 8.65. The Kier molecular flexibility index (Phi) is 4.53. The summed E-state index contributed by atoms with van der Waals surface area (Å²) >= 11 is 0. The molecule has 0 spiro atoms. The number of carboxylic acids is 1. The van der Waals surface area contributed by atoms with Gasteiger partial charge in [0.25, 0.3) is 0 Å². The predicted octanol–water partition coefficient (Wildman–Crippen LogP) is 3.24. The zero-order chi connectivity index (χ0) is 12.8. The number of hydrogen-bond donors (Lipinski definition) is 1. The van der Waals surface area contributed by atoms with Crippen LogP contribution in [0.3, 0.4) is 0 Å². The molecule has 1 N–H and O–H groups in total. The lowest BCUT2D eigenvalue weighted by molar-refractivity contribution is -0.131. The van der Waals surface area contributed by atoms with Gasteiger partial charge in [-0.25, -0.2) is 4.79 Å². The van der Waals surface area contributed by atoms with E-state index >= 15 is 0 Å². The van der Waals surface area contributed by atoms with E-state index in [1.165, 1.54) is 12.8 Å². The Morgan fingerprint density at radius 1 is 1.33 bits per heavy atom. The van der Waals surface area contributed by atoms with Crippen molar-refractivity contribution in [1.82, 2.24) is 0 Å². The highest BCUT2D eigenvalue weighted by molar-refractivity contribution is 5.85. The number of carbonyl (C=O) groups is 1.